The van der Waals surface area contributed by atoms with E-state index in [4.69, 9.17) is 4.74 Å². The van der Waals surface area contributed by atoms with Crippen molar-refractivity contribution in [1.29, 1.82) is 0 Å². The highest BCUT2D eigenvalue weighted by molar-refractivity contribution is 5.92. The molecule has 0 unspecified atom stereocenters. The van der Waals surface area contributed by atoms with Gasteiger partial charge in [0.2, 0.25) is 5.91 Å². The van der Waals surface area contributed by atoms with E-state index in [9.17, 15) is 4.79 Å². The maximum absolute atomic E-state index is 12.0. The zero-order valence-electron chi connectivity index (χ0n) is 13.5. The fourth-order valence-corrected chi connectivity index (χ4v) is 2.14. The molecule has 0 saturated carbocycles. The van der Waals surface area contributed by atoms with Gasteiger partial charge in [-0.3, -0.25) is 9.69 Å². The van der Waals surface area contributed by atoms with Crippen LogP contribution >= 0.6 is 0 Å². The molecule has 2 aromatic carbocycles. The quantitative estimate of drug-likeness (QED) is 0.853. The molecule has 0 aromatic heterocycles. The van der Waals surface area contributed by atoms with Gasteiger partial charge in [-0.1, -0.05) is 48.6 Å². The molecule has 0 aliphatic heterocycles. The molecule has 0 aliphatic carbocycles. The van der Waals surface area contributed by atoms with E-state index in [-0.39, 0.29) is 5.91 Å². The standard InChI is InChI=1S/C19H22N2O2/c1-21(13-7-10-16-8-4-3-5-9-16)15-19(22)20-17-11-6-12-18(14-17)23-2/h3-12,14H,13,15H2,1-2H3,(H,20,22)/b10-7+. The van der Waals surface area contributed by atoms with Crippen molar-refractivity contribution in [2.75, 3.05) is 32.6 Å². The number of nitrogens with zero attached hydrogens (tertiary/aromatic N) is 1. The Labute approximate surface area is 137 Å². The third-order valence-corrected chi connectivity index (χ3v) is 3.29. The van der Waals surface area contributed by atoms with Gasteiger partial charge in [-0.05, 0) is 24.7 Å². The molecule has 0 heterocycles. The Morgan fingerprint density at radius 2 is 1.96 bits per heavy atom. The Kier molecular flexibility index (Phi) is 6.39. The molecule has 4 heteroatoms. The van der Waals surface area contributed by atoms with Crippen molar-refractivity contribution in [2.45, 2.75) is 0 Å². The van der Waals surface area contributed by atoms with Gasteiger partial charge in [0.25, 0.3) is 0 Å². The summed E-state index contributed by atoms with van der Waals surface area (Å²) in [7, 11) is 3.52. The number of likely N-dealkylation sites (N-methyl/N-ethyl adjacent to an activating group) is 1. The van der Waals surface area contributed by atoms with Gasteiger partial charge in [0.1, 0.15) is 5.75 Å². The largest absolute Gasteiger partial charge is 0.497 e. The summed E-state index contributed by atoms with van der Waals surface area (Å²) >= 11 is 0. The lowest BCUT2D eigenvalue weighted by Crippen LogP contribution is -2.30. The lowest BCUT2D eigenvalue weighted by Gasteiger charge is -2.14. The molecule has 0 spiro atoms. The molecule has 4 nitrogen and oxygen atoms in total. The highest BCUT2D eigenvalue weighted by Crippen LogP contribution is 2.16. The van der Waals surface area contributed by atoms with Gasteiger partial charge in [0.05, 0.1) is 13.7 Å². The molecule has 2 aromatic rings. The Hall–Kier alpha value is -2.59. The summed E-state index contributed by atoms with van der Waals surface area (Å²) in [5.41, 5.74) is 1.89. The smallest absolute Gasteiger partial charge is 0.238 e. The highest BCUT2D eigenvalue weighted by atomic mass is 16.5. The average Bonchev–Trinajstić information content (AvgIpc) is 2.56. The molecule has 1 amide bonds. The van der Waals surface area contributed by atoms with Crippen molar-refractivity contribution in [1.82, 2.24) is 4.90 Å². The third kappa shape index (κ3) is 5.96. The first-order chi connectivity index (χ1) is 11.2. The predicted octanol–water partition coefficient (Wildman–Crippen LogP) is 3.28. The van der Waals surface area contributed by atoms with Crippen LogP contribution in [-0.4, -0.2) is 38.1 Å². The summed E-state index contributed by atoms with van der Waals surface area (Å²) in [4.78, 5) is 14.0. The van der Waals surface area contributed by atoms with Gasteiger partial charge in [-0.2, -0.15) is 0 Å². The maximum atomic E-state index is 12.0. The first kappa shape index (κ1) is 16.8. The van der Waals surface area contributed by atoms with Crippen LogP contribution in [0.5, 0.6) is 5.75 Å². The van der Waals surface area contributed by atoms with Crippen LogP contribution in [0.25, 0.3) is 6.08 Å². The molecule has 120 valence electrons. The number of ether oxygens (including phenoxy) is 1. The minimum atomic E-state index is -0.0473. The number of carbonyl (C=O) groups excluding carboxylic acids is 1. The fourth-order valence-electron chi connectivity index (χ4n) is 2.14. The third-order valence-electron chi connectivity index (χ3n) is 3.29. The molecule has 0 saturated heterocycles. The van der Waals surface area contributed by atoms with E-state index < -0.39 is 0 Å². The normalized spacial score (nSPS) is 10.9. The second-order valence-electron chi connectivity index (χ2n) is 5.29. The van der Waals surface area contributed by atoms with Crippen molar-refractivity contribution < 1.29 is 9.53 Å². The lowest BCUT2D eigenvalue weighted by molar-refractivity contribution is -0.116. The van der Waals surface area contributed by atoms with E-state index in [2.05, 4.69) is 11.4 Å². The van der Waals surface area contributed by atoms with Gasteiger partial charge < -0.3 is 10.1 Å². The van der Waals surface area contributed by atoms with E-state index in [1.807, 2.05) is 66.6 Å². The van der Waals surface area contributed by atoms with Gasteiger partial charge in [0, 0.05) is 18.3 Å². The zero-order valence-corrected chi connectivity index (χ0v) is 13.5. The van der Waals surface area contributed by atoms with Crippen molar-refractivity contribution in [3.05, 3.63) is 66.2 Å². The summed E-state index contributed by atoms with van der Waals surface area (Å²) in [6.07, 6.45) is 4.10. The van der Waals surface area contributed by atoms with Gasteiger partial charge in [-0.15, -0.1) is 0 Å². The summed E-state index contributed by atoms with van der Waals surface area (Å²) in [5.74, 6) is 0.677. The summed E-state index contributed by atoms with van der Waals surface area (Å²) in [5, 5.41) is 2.87. The van der Waals surface area contributed by atoms with Crippen LogP contribution in [0, 0.1) is 0 Å². The molecule has 0 fully saturated rings. The number of nitrogens with one attached hydrogen (secondary N) is 1. The van der Waals surface area contributed by atoms with E-state index in [0.29, 0.717) is 13.1 Å². The Morgan fingerprint density at radius 1 is 1.17 bits per heavy atom. The number of rotatable bonds is 7. The van der Waals surface area contributed by atoms with Crippen LogP contribution in [0.3, 0.4) is 0 Å². The number of anilines is 1. The monoisotopic (exact) mass is 310 g/mol. The van der Waals surface area contributed by atoms with Gasteiger partial charge >= 0.3 is 0 Å². The summed E-state index contributed by atoms with van der Waals surface area (Å²) < 4.78 is 5.14. The predicted molar refractivity (Wildman–Crippen MR) is 94.6 cm³/mol. The van der Waals surface area contributed by atoms with Crippen LogP contribution in [-0.2, 0) is 4.79 Å². The van der Waals surface area contributed by atoms with E-state index in [1.165, 1.54) is 0 Å². The van der Waals surface area contributed by atoms with Crippen molar-refractivity contribution in [2.24, 2.45) is 0 Å². The van der Waals surface area contributed by atoms with E-state index >= 15 is 0 Å². The van der Waals surface area contributed by atoms with Crippen molar-refractivity contribution in [3.63, 3.8) is 0 Å². The Balaban J connectivity index is 1.79. The Morgan fingerprint density at radius 3 is 2.70 bits per heavy atom. The maximum Gasteiger partial charge on any atom is 0.238 e. The van der Waals surface area contributed by atoms with Crippen LogP contribution < -0.4 is 10.1 Å². The van der Waals surface area contributed by atoms with Gasteiger partial charge in [0.15, 0.2) is 0 Å². The molecule has 0 bridgehead atoms. The number of amides is 1. The minimum absolute atomic E-state index is 0.0473. The number of benzene rings is 2. The molecular formula is C19H22N2O2. The average molecular weight is 310 g/mol. The second-order valence-corrected chi connectivity index (χ2v) is 5.29. The molecule has 0 atom stereocenters. The highest BCUT2D eigenvalue weighted by Gasteiger charge is 2.06. The van der Waals surface area contributed by atoms with Crippen LogP contribution in [0.2, 0.25) is 0 Å². The number of methoxy groups -OCH3 is 1. The SMILES string of the molecule is COc1cccc(NC(=O)CN(C)C/C=C/c2ccccc2)c1. The van der Waals surface area contributed by atoms with Crippen molar-refractivity contribution in [3.8, 4) is 5.75 Å². The number of hydrogen-bond donors (Lipinski definition) is 1. The Bertz CT molecular complexity index is 653. The van der Waals surface area contributed by atoms with Crippen LogP contribution in [0.4, 0.5) is 5.69 Å². The number of carbonyl (C=O) groups is 1. The van der Waals surface area contributed by atoms with Crippen LogP contribution in [0.15, 0.2) is 60.7 Å². The minimum Gasteiger partial charge on any atom is -0.497 e. The summed E-state index contributed by atoms with van der Waals surface area (Å²) in [6.45, 7) is 1.04. The topological polar surface area (TPSA) is 41.6 Å². The second kappa shape index (κ2) is 8.76. The van der Waals surface area contributed by atoms with E-state index in [0.717, 1.165) is 17.0 Å². The van der Waals surface area contributed by atoms with Crippen LogP contribution in [0.1, 0.15) is 5.56 Å². The van der Waals surface area contributed by atoms with Gasteiger partial charge in [-0.25, -0.2) is 0 Å². The van der Waals surface area contributed by atoms with E-state index in [1.54, 1.807) is 13.2 Å². The molecule has 0 radical (unpaired) electrons. The zero-order chi connectivity index (χ0) is 16.5. The van der Waals surface area contributed by atoms with Crippen molar-refractivity contribution >= 4 is 17.7 Å². The first-order valence-corrected chi connectivity index (χ1v) is 7.51. The molecule has 0 aliphatic rings. The summed E-state index contributed by atoms with van der Waals surface area (Å²) in [6, 6.07) is 17.4. The molecule has 2 rings (SSSR count). The first-order valence-electron chi connectivity index (χ1n) is 7.51. The fraction of sp³-hybridized carbons (Fsp3) is 0.211. The lowest BCUT2D eigenvalue weighted by atomic mass is 10.2. The molecular weight excluding hydrogens is 288 g/mol. The molecule has 1 N–H and O–H groups in total. The molecule has 23 heavy (non-hydrogen) atoms. The number of hydrogen-bond acceptors (Lipinski definition) is 3.